The van der Waals surface area contributed by atoms with Crippen LogP contribution in [0.2, 0.25) is 0 Å². The Morgan fingerprint density at radius 3 is 2.44 bits per heavy atom. The lowest BCUT2D eigenvalue weighted by atomic mass is 10.0. The van der Waals surface area contributed by atoms with E-state index in [9.17, 15) is 9.90 Å². The molecule has 1 aromatic carbocycles. The van der Waals surface area contributed by atoms with Gasteiger partial charge in [-0.25, -0.2) is 0 Å². The first-order valence-corrected chi connectivity index (χ1v) is 7.55. The number of aliphatic carboxylic acids is 1. The fourth-order valence-electron chi connectivity index (χ4n) is 2.51. The Bertz CT molecular complexity index is 388. The second-order valence-electron chi connectivity index (χ2n) is 4.62. The summed E-state index contributed by atoms with van der Waals surface area (Å²) in [7, 11) is 0. The fourth-order valence-corrected chi connectivity index (χ4v) is 3.20. The second-order valence-corrected chi connectivity index (χ2v) is 5.76. The number of carboxylic acid groups (broad SMARTS) is 1. The van der Waals surface area contributed by atoms with E-state index < -0.39 is 12.0 Å². The van der Waals surface area contributed by atoms with Gasteiger partial charge in [-0.15, -0.1) is 0 Å². The van der Waals surface area contributed by atoms with Crippen LogP contribution < -0.4 is 0 Å². The van der Waals surface area contributed by atoms with Crippen LogP contribution in [0.5, 0.6) is 0 Å². The van der Waals surface area contributed by atoms with Crippen LogP contribution in [0, 0.1) is 0 Å². The highest BCUT2D eigenvalue weighted by Gasteiger charge is 2.30. The van der Waals surface area contributed by atoms with Crippen molar-refractivity contribution in [1.82, 2.24) is 4.90 Å². The van der Waals surface area contributed by atoms with Crippen LogP contribution in [-0.2, 0) is 4.79 Å². The molecule has 0 saturated carbocycles. The molecule has 1 aliphatic rings. The summed E-state index contributed by atoms with van der Waals surface area (Å²) in [5.74, 6) is -0.746. The van der Waals surface area contributed by atoms with E-state index in [1.807, 2.05) is 42.1 Å². The molecule has 98 valence electrons. The van der Waals surface area contributed by atoms with Crippen LogP contribution in [0.1, 0.15) is 24.4 Å². The SMILES string of the molecule is CSC1CCN(C(C(=O)O)c2ccccc2)CC1. The van der Waals surface area contributed by atoms with Gasteiger partial charge in [-0.1, -0.05) is 30.3 Å². The molecule has 1 heterocycles. The summed E-state index contributed by atoms with van der Waals surface area (Å²) in [5.41, 5.74) is 0.882. The maximum absolute atomic E-state index is 11.5. The Hall–Kier alpha value is -1.00. The van der Waals surface area contributed by atoms with Gasteiger partial charge in [-0.2, -0.15) is 11.8 Å². The first kappa shape index (κ1) is 13.4. The number of carbonyl (C=O) groups is 1. The summed E-state index contributed by atoms with van der Waals surface area (Å²) < 4.78 is 0. The zero-order valence-corrected chi connectivity index (χ0v) is 11.4. The highest BCUT2D eigenvalue weighted by molar-refractivity contribution is 7.99. The molecule has 1 saturated heterocycles. The zero-order valence-electron chi connectivity index (χ0n) is 10.6. The number of hydrogen-bond acceptors (Lipinski definition) is 3. The number of rotatable bonds is 4. The van der Waals surface area contributed by atoms with Gasteiger partial charge in [0.15, 0.2) is 0 Å². The average Bonchev–Trinajstić information content (AvgIpc) is 2.40. The maximum atomic E-state index is 11.5. The van der Waals surface area contributed by atoms with E-state index in [1.165, 1.54) is 0 Å². The molecule has 3 nitrogen and oxygen atoms in total. The molecule has 18 heavy (non-hydrogen) atoms. The standard InChI is InChI=1S/C14H19NO2S/c1-18-12-7-9-15(10-8-12)13(14(16)17)11-5-3-2-4-6-11/h2-6,12-13H,7-10H2,1H3,(H,16,17). The van der Waals surface area contributed by atoms with Gasteiger partial charge in [-0.3, -0.25) is 9.69 Å². The largest absolute Gasteiger partial charge is 0.480 e. The van der Waals surface area contributed by atoms with E-state index in [-0.39, 0.29) is 0 Å². The molecule has 1 unspecified atom stereocenters. The molecule has 1 fully saturated rings. The fraction of sp³-hybridized carbons (Fsp3) is 0.500. The molecule has 1 N–H and O–H groups in total. The van der Waals surface area contributed by atoms with Crippen molar-refractivity contribution in [2.75, 3.05) is 19.3 Å². The van der Waals surface area contributed by atoms with Crippen molar-refractivity contribution in [2.45, 2.75) is 24.1 Å². The Morgan fingerprint density at radius 1 is 1.33 bits per heavy atom. The van der Waals surface area contributed by atoms with E-state index in [0.29, 0.717) is 5.25 Å². The zero-order chi connectivity index (χ0) is 13.0. The molecular weight excluding hydrogens is 246 g/mol. The Balaban J connectivity index is 2.10. The highest BCUT2D eigenvalue weighted by Crippen LogP contribution is 2.28. The first-order chi connectivity index (χ1) is 8.72. The number of carboxylic acids is 1. The van der Waals surface area contributed by atoms with Crippen molar-refractivity contribution >= 4 is 17.7 Å². The van der Waals surface area contributed by atoms with Crippen LogP contribution >= 0.6 is 11.8 Å². The number of hydrogen-bond donors (Lipinski definition) is 1. The van der Waals surface area contributed by atoms with Crippen molar-refractivity contribution < 1.29 is 9.90 Å². The third-order valence-corrected chi connectivity index (χ3v) is 4.66. The molecule has 1 atom stereocenters. The van der Waals surface area contributed by atoms with Gasteiger partial charge in [0.2, 0.25) is 0 Å². The Morgan fingerprint density at radius 2 is 1.94 bits per heavy atom. The van der Waals surface area contributed by atoms with E-state index in [0.717, 1.165) is 31.5 Å². The van der Waals surface area contributed by atoms with E-state index in [2.05, 4.69) is 11.2 Å². The smallest absolute Gasteiger partial charge is 0.325 e. The van der Waals surface area contributed by atoms with Crippen molar-refractivity contribution in [2.24, 2.45) is 0 Å². The lowest BCUT2D eigenvalue weighted by Crippen LogP contribution is -2.40. The minimum atomic E-state index is -0.746. The van der Waals surface area contributed by atoms with Gasteiger partial charge in [0.25, 0.3) is 0 Å². The minimum Gasteiger partial charge on any atom is -0.480 e. The number of likely N-dealkylation sites (tertiary alicyclic amines) is 1. The molecule has 0 bridgehead atoms. The third kappa shape index (κ3) is 3.06. The van der Waals surface area contributed by atoms with Gasteiger partial charge in [-0.05, 0) is 24.7 Å². The van der Waals surface area contributed by atoms with Crippen LogP contribution in [0.25, 0.3) is 0 Å². The van der Waals surface area contributed by atoms with E-state index in [4.69, 9.17) is 0 Å². The molecular formula is C14H19NO2S. The summed E-state index contributed by atoms with van der Waals surface area (Å²) >= 11 is 1.89. The maximum Gasteiger partial charge on any atom is 0.325 e. The summed E-state index contributed by atoms with van der Waals surface area (Å²) in [6.07, 6.45) is 4.29. The molecule has 0 amide bonds. The minimum absolute atomic E-state index is 0.492. The summed E-state index contributed by atoms with van der Waals surface area (Å²) in [6, 6.07) is 9.04. The van der Waals surface area contributed by atoms with Crippen LogP contribution in [0.4, 0.5) is 0 Å². The van der Waals surface area contributed by atoms with Gasteiger partial charge >= 0.3 is 5.97 Å². The summed E-state index contributed by atoms with van der Waals surface area (Å²) in [4.78, 5) is 13.6. The van der Waals surface area contributed by atoms with E-state index in [1.54, 1.807) is 0 Å². The molecule has 0 spiro atoms. The lowest BCUT2D eigenvalue weighted by molar-refractivity contribution is -0.144. The number of piperidine rings is 1. The molecule has 0 radical (unpaired) electrons. The van der Waals surface area contributed by atoms with E-state index >= 15 is 0 Å². The third-order valence-electron chi connectivity index (χ3n) is 3.52. The van der Waals surface area contributed by atoms with Gasteiger partial charge in [0.05, 0.1) is 0 Å². The quantitative estimate of drug-likeness (QED) is 0.908. The van der Waals surface area contributed by atoms with Crippen molar-refractivity contribution in [3.05, 3.63) is 35.9 Å². The van der Waals surface area contributed by atoms with Gasteiger partial charge < -0.3 is 5.11 Å². The molecule has 1 aliphatic heterocycles. The van der Waals surface area contributed by atoms with Crippen molar-refractivity contribution in [1.29, 1.82) is 0 Å². The van der Waals surface area contributed by atoms with Crippen molar-refractivity contribution in [3.8, 4) is 0 Å². The molecule has 0 aromatic heterocycles. The summed E-state index contributed by atoms with van der Waals surface area (Å²) in [6.45, 7) is 1.74. The normalized spacial score (nSPS) is 19.6. The Kier molecular flexibility index (Phi) is 4.66. The monoisotopic (exact) mass is 265 g/mol. The highest BCUT2D eigenvalue weighted by atomic mass is 32.2. The predicted octanol–water partition coefficient (Wildman–Crippen LogP) is 2.64. The van der Waals surface area contributed by atoms with Gasteiger partial charge in [0, 0.05) is 18.3 Å². The van der Waals surface area contributed by atoms with Crippen LogP contribution in [0.3, 0.4) is 0 Å². The van der Waals surface area contributed by atoms with Crippen LogP contribution in [0.15, 0.2) is 30.3 Å². The van der Waals surface area contributed by atoms with Crippen molar-refractivity contribution in [3.63, 3.8) is 0 Å². The first-order valence-electron chi connectivity index (χ1n) is 6.27. The topological polar surface area (TPSA) is 40.5 Å². The number of benzene rings is 1. The average molecular weight is 265 g/mol. The molecule has 0 aliphatic carbocycles. The molecule has 4 heteroatoms. The molecule has 2 rings (SSSR count). The van der Waals surface area contributed by atoms with Gasteiger partial charge in [0.1, 0.15) is 6.04 Å². The lowest BCUT2D eigenvalue weighted by Gasteiger charge is -2.35. The predicted molar refractivity (Wildman–Crippen MR) is 74.9 cm³/mol. The number of nitrogens with zero attached hydrogens (tertiary/aromatic N) is 1. The summed E-state index contributed by atoms with van der Waals surface area (Å²) in [5, 5.41) is 10.1. The Labute approximate surface area is 112 Å². The number of thioether (sulfide) groups is 1. The van der Waals surface area contributed by atoms with Crippen LogP contribution in [-0.4, -0.2) is 40.6 Å². The second kappa shape index (κ2) is 6.25. The molecule has 1 aromatic rings.